The van der Waals surface area contributed by atoms with Crippen LogP contribution in [0.25, 0.3) is 0 Å². The van der Waals surface area contributed by atoms with Crippen molar-refractivity contribution >= 4 is 23.8 Å². The van der Waals surface area contributed by atoms with Gasteiger partial charge in [-0.25, -0.2) is 0 Å². The summed E-state index contributed by atoms with van der Waals surface area (Å²) in [6.45, 7) is 1.72. The third-order valence-electron chi connectivity index (χ3n) is 5.27. The van der Waals surface area contributed by atoms with E-state index in [-0.39, 0.29) is 13.8 Å². The molecule has 1 aliphatic heterocycles. The van der Waals surface area contributed by atoms with Crippen LogP contribution in [0.3, 0.4) is 0 Å². The molecule has 1 saturated heterocycles. The molecule has 1 aliphatic rings. The van der Waals surface area contributed by atoms with Crippen molar-refractivity contribution in [1.82, 2.24) is 10.6 Å². The summed E-state index contributed by atoms with van der Waals surface area (Å²) in [7, 11) is 0. The summed E-state index contributed by atoms with van der Waals surface area (Å²) in [5.74, 6) is -12.3. The first kappa shape index (κ1) is 29.4. The van der Waals surface area contributed by atoms with Gasteiger partial charge in [0.15, 0.2) is 11.2 Å². The van der Waals surface area contributed by atoms with E-state index in [1.54, 1.807) is 10.6 Å². The Morgan fingerprint density at radius 1 is 0.794 bits per heavy atom. The Morgan fingerprint density at radius 2 is 1.06 bits per heavy atom. The van der Waals surface area contributed by atoms with Crippen LogP contribution in [0, 0.1) is 11.8 Å². The number of aliphatic hydroxyl groups is 2. The molecule has 196 valence electrons. The Bertz CT molecular complexity index is 745. The Labute approximate surface area is 188 Å². The van der Waals surface area contributed by atoms with Crippen LogP contribution in [0.4, 0.5) is 26.3 Å². The lowest BCUT2D eigenvalue weighted by Crippen LogP contribution is -2.73. The number of amides is 2. The van der Waals surface area contributed by atoms with E-state index in [0.717, 1.165) is 0 Å². The Balaban J connectivity index is 3.48. The number of rotatable bonds is 8. The quantitative estimate of drug-likeness (QED) is 0.262. The predicted molar refractivity (Wildman–Crippen MR) is 97.5 cm³/mol. The summed E-state index contributed by atoms with van der Waals surface area (Å²) in [6, 6.07) is -4.92. The van der Waals surface area contributed by atoms with Crippen LogP contribution in [0.15, 0.2) is 0 Å². The fourth-order valence-corrected chi connectivity index (χ4v) is 3.28. The molecule has 10 nitrogen and oxygen atoms in total. The lowest BCUT2D eigenvalue weighted by molar-refractivity contribution is -0.277. The maximum atomic E-state index is 13.4. The Kier molecular flexibility index (Phi) is 8.59. The molecule has 4 N–H and O–H groups in total. The van der Waals surface area contributed by atoms with Crippen LogP contribution in [-0.4, -0.2) is 82.8 Å². The zero-order valence-corrected chi connectivity index (χ0v) is 18.3. The van der Waals surface area contributed by atoms with E-state index in [9.17, 15) is 55.7 Å². The van der Waals surface area contributed by atoms with Gasteiger partial charge in [-0.3, -0.25) is 19.2 Å². The number of carbonyl (C=O) groups excluding carboxylic acids is 4. The standard InChI is InChI=1S/C18H24F6N2O8/c1-5-33-13(29)7(15(3,31)17(19,20)21)9-11(27)26-10(12(28)25-9)8(14(30)34-6-2)16(4,32)18(22,23)24/h7-10,31-32H,5-6H2,1-4H3,(H,25,28)(H,26,27)/t7-,8?,9+,10?,15-,16?/m1/s1. The van der Waals surface area contributed by atoms with E-state index in [2.05, 4.69) is 9.47 Å². The van der Waals surface area contributed by atoms with Crippen LogP contribution in [-0.2, 0) is 28.7 Å². The molecule has 0 bridgehead atoms. The smallest absolute Gasteiger partial charge is 0.417 e. The molecule has 3 unspecified atom stereocenters. The second-order valence-electron chi connectivity index (χ2n) is 7.72. The Morgan fingerprint density at radius 3 is 1.26 bits per heavy atom. The molecule has 34 heavy (non-hydrogen) atoms. The van der Waals surface area contributed by atoms with Gasteiger partial charge in [0.1, 0.15) is 23.9 Å². The number of hydrogen-bond donors (Lipinski definition) is 4. The highest BCUT2D eigenvalue weighted by molar-refractivity contribution is 6.01. The minimum absolute atomic E-state index is 0.135. The summed E-state index contributed by atoms with van der Waals surface area (Å²) >= 11 is 0. The van der Waals surface area contributed by atoms with Crippen molar-refractivity contribution in [2.24, 2.45) is 11.8 Å². The minimum Gasteiger partial charge on any atom is -0.466 e. The highest BCUT2D eigenvalue weighted by Crippen LogP contribution is 2.41. The van der Waals surface area contributed by atoms with Crippen molar-refractivity contribution in [3.05, 3.63) is 0 Å². The van der Waals surface area contributed by atoms with E-state index in [1.807, 2.05) is 0 Å². The molecule has 0 aromatic rings. The fourth-order valence-electron chi connectivity index (χ4n) is 3.28. The van der Waals surface area contributed by atoms with Gasteiger partial charge in [0.25, 0.3) is 0 Å². The van der Waals surface area contributed by atoms with Gasteiger partial charge in [-0.15, -0.1) is 0 Å². The summed E-state index contributed by atoms with van der Waals surface area (Å²) in [6.07, 6.45) is -11.0. The molecule has 2 amide bonds. The average molecular weight is 510 g/mol. The summed E-state index contributed by atoms with van der Waals surface area (Å²) in [5.41, 5.74) is -7.86. The molecule has 1 rings (SSSR count). The maximum Gasteiger partial charge on any atom is 0.417 e. The summed E-state index contributed by atoms with van der Waals surface area (Å²) in [4.78, 5) is 49.6. The van der Waals surface area contributed by atoms with Gasteiger partial charge in [0.05, 0.1) is 13.2 Å². The highest BCUT2D eigenvalue weighted by Gasteiger charge is 2.65. The molecular weight excluding hydrogens is 486 g/mol. The van der Waals surface area contributed by atoms with Crippen molar-refractivity contribution in [3.63, 3.8) is 0 Å². The summed E-state index contributed by atoms with van der Waals surface area (Å²) < 4.78 is 89.5. The molecule has 6 atom stereocenters. The molecular formula is C18H24F6N2O8. The van der Waals surface area contributed by atoms with Crippen LogP contribution in [0.5, 0.6) is 0 Å². The van der Waals surface area contributed by atoms with Crippen LogP contribution in [0.2, 0.25) is 0 Å². The number of alkyl halides is 6. The first-order chi connectivity index (χ1) is 15.3. The van der Waals surface area contributed by atoms with Gasteiger partial charge >= 0.3 is 24.3 Å². The van der Waals surface area contributed by atoms with Crippen molar-refractivity contribution in [3.8, 4) is 0 Å². The van der Waals surface area contributed by atoms with Crippen molar-refractivity contribution in [2.75, 3.05) is 13.2 Å². The average Bonchev–Trinajstić information content (AvgIpc) is 2.64. The van der Waals surface area contributed by atoms with Crippen molar-refractivity contribution < 1.29 is 65.2 Å². The van der Waals surface area contributed by atoms with Crippen LogP contribution >= 0.6 is 0 Å². The lowest BCUT2D eigenvalue weighted by atomic mass is 9.77. The number of nitrogens with one attached hydrogen (secondary N) is 2. The molecule has 0 saturated carbocycles. The van der Waals surface area contributed by atoms with Crippen LogP contribution < -0.4 is 10.6 Å². The number of ether oxygens (including phenoxy) is 2. The van der Waals surface area contributed by atoms with Crippen LogP contribution in [0.1, 0.15) is 27.7 Å². The topological polar surface area (TPSA) is 151 Å². The SMILES string of the molecule is CCOC(=O)C(C1NC(=O)[C@H]([C@H](C(=O)OCC)[C@@](C)(O)C(F)(F)F)NC1=O)C(C)(O)C(F)(F)F. The van der Waals surface area contributed by atoms with Gasteiger partial charge in [-0.1, -0.05) is 0 Å². The molecule has 0 spiro atoms. The van der Waals surface area contributed by atoms with Gasteiger partial charge in [-0.05, 0) is 27.7 Å². The van der Waals surface area contributed by atoms with Gasteiger partial charge in [-0.2, -0.15) is 26.3 Å². The fraction of sp³-hybridized carbons (Fsp3) is 0.778. The first-order valence-electron chi connectivity index (χ1n) is 9.77. The van der Waals surface area contributed by atoms with E-state index < -0.39 is 84.4 Å². The molecule has 0 aliphatic carbocycles. The van der Waals surface area contributed by atoms with E-state index in [4.69, 9.17) is 0 Å². The normalized spacial score (nSPS) is 24.6. The minimum atomic E-state index is -5.51. The second kappa shape index (κ2) is 9.93. The van der Waals surface area contributed by atoms with E-state index in [1.165, 1.54) is 13.8 Å². The monoisotopic (exact) mass is 510 g/mol. The highest BCUT2D eigenvalue weighted by atomic mass is 19.4. The van der Waals surface area contributed by atoms with Crippen molar-refractivity contribution in [2.45, 2.75) is 63.3 Å². The zero-order valence-electron chi connectivity index (χ0n) is 18.3. The van der Waals surface area contributed by atoms with Gasteiger partial charge < -0.3 is 30.3 Å². The molecule has 0 radical (unpaired) electrons. The number of hydrogen-bond acceptors (Lipinski definition) is 8. The maximum absolute atomic E-state index is 13.4. The third kappa shape index (κ3) is 5.54. The first-order valence-corrected chi connectivity index (χ1v) is 9.77. The molecule has 16 heteroatoms. The number of esters is 2. The molecule has 0 aromatic carbocycles. The second-order valence-corrected chi connectivity index (χ2v) is 7.72. The molecule has 1 fully saturated rings. The molecule has 0 aromatic heterocycles. The van der Waals surface area contributed by atoms with E-state index >= 15 is 0 Å². The largest absolute Gasteiger partial charge is 0.466 e. The van der Waals surface area contributed by atoms with Gasteiger partial charge in [0.2, 0.25) is 11.8 Å². The Hall–Kier alpha value is -2.62. The van der Waals surface area contributed by atoms with Gasteiger partial charge in [0, 0.05) is 0 Å². The number of piperazine rings is 1. The molecule has 1 heterocycles. The van der Waals surface area contributed by atoms with Crippen molar-refractivity contribution in [1.29, 1.82) is 0 Å². The lowest BCUT2D eigenvalue weighted by Gasteiger charge is -2.43. The summed E-state index contributed by atoms with van der Waals surface area (Å²) in [5, 5.41) is 23.3. The zero-order chi connectivity index (χ0) is 26.9. The number of halogens is 6. The predicted octanol–water partition coefficient (Wildman–Crippen LogP) is -0.0452. The number of carbonyl (C=O) groups is 4. The third-order valence-corrected chi connectivity index (χ3v) is 5.27. The van der Waals surface area contributed by atoms with E-state index in [0.29, 0.717) is 0 Å².